The van der Waals surface area contributed by atoms with E-state index < -0.39 is 0 Å². The largest absolute Gasteiger partial charge is 0.316 e. The zero-order valence-corrected chi connectivity index (χ0v) is 12.2. The summed E-state index contributed by atoms with van der Waals surface area (Å²) in [6.45, 7) is 8.41. The fourth-order valence-corrected chi connectivity index (χ4v) is 3.10. The molecular weight excluding hydrogens is 216 g/mol. The Balaban J connectivity index is 2.33. The summed E-state index contributed by atoms with van der Waals surface area (Å²) in [6.07, 6.45) is 6.21. The van der Waals surface area contributed by atoms with Gasteiger partial charge in [-0.05, 0) is 57.2 Å². The zero-order valence-electron chi connectivity index (χ0n) is 11.4. The van der Waals surface area contributed by atoms with E-state index in [0.29, 0.717) is 11.5 Å². The van der Waals surface area contributed by atoms with Crippen LogP contribution in [0.5, 0.6) is 0 Å². The molecule has 0 aromatic heterocycles. The van der Waals surface area contributed by atoms with Crippen molar-refractivity contribution in [2.75, 3.05) is 38.7 Å². The predicted molar refractivity (Wildman–Crippen MR) is 75.3 cm³/mol. The quantitative estimate of drug-likeness (QED) is 0.772. The molecule has 0 amide bonds. The van der Waals surface area contributed by atoms with Gasteiger partial charge in [0.2, 0.25) is 0 Å². The summed E-state index contributed by atoms with van der Waals surface area (Å²) in [6, 6.07) is 0.714. The normalized spacial score (nSPS) is 28.3. The van der Waals surface area contributed by atoms with Crippen molar-refractivity contribution in [2.24, 2.45) is 5.41 Å². The number of rotatable bonds is 6. The summed E-state index contributed by atoms with van der Waals surface area (Å²) in [4.78, 5) is 2.54. The van der Waals surface area contributed by atoms with Crippen LogP contribution in [0, 0.1) is 5.41 Å². The number of nitrogens with one attached hydrogen (secondary N) is 1. The van der Waals surface area contributed by atoms with Crippen molar-refractivity contribution in [3.05, 3.63) is 0 Å². The fourth-order valence-electron chi connectivity index (χ4n) is 2.52. The minimum absolute atomic E-state index is 0.487. The molecule has 0 spiro atoms. The summed E-state index contributed by atoms with van der Waals surface area (Å²) < 4.78 is 0. The topological polar surface area (TPSA) is 15.3 Å². The summed E-state index contributed by atoms with van der Waals surface area (Å²) in [5.41, 5.74) is 0.487. The van der Waals surface area contributed by atoms with Gasteiger partial charge in [0, 0.05) is 19.1 Å². The molecule has 0 radical (unpaired) electrons. The second kappa shape index (κ2) is 6.87. The van der Waals surface area contributed by atoms with Crippen molar-refractivity contribution < 1.29 is 0 Å². The van der Waals surface area contributed by atoms with Gasteiger partial charge in [-0.1, -0.05) is 6.92 Å². The molecule has 2 unspecified atom stereocenters. The molecule has 16 heavy (non-hydrogen) atoms. The lowest BCUT2D eigenvalue weighted by molar-refractivity contribution is 0.125. The van der Waals surface area contributed by atoms with Crippen LogP contribution in [-0.2, 0) is 0 Å². The predicted octanol–water partition coefficient (Wildman–Crippen LogP) is 2.45. The van der Waals surface area contributed by atoms with Crippen molar-refractivity contribution >= 4 is 11.8 Å². The van der Waals surface area contributed by atoms with E-state index in [-0.39, 0.29) is 0 Å². The van der Waals surface area contributed by atoms with Crippen LogP contribution in [0.2, 0.25) is 0 Å². The summed E-state index contributed by atoms with van der Waals surface area (Å²) in [7, 11) is 2.28. The van der Waals surface area contributed by atoms with E-state index in [1.165, 1.54) is 44.6 Å². The van der Waals surface area contributed by atoms with Gasteiger partial charge in [0.05, 0.1) is 0 Å². The van der Waals surface area contributed by atoms with Gasteiger partial charge in [0.15, 0.2) is 0 Å². The van der Waals surface area contributed by atoms with E-state index in [0.717, 1.165) is 0 Å². The van der Waals surface area contributed by atoms with Gasteiger partial charge in [0.1, 0.15) is 0 Å². The molecule has 1 rings (SSSR count). The maximum absolute atomic E-state index is 3.53. The highest BCUT2D eigenvalue weighted by Gasteiger charge is 2.28. The molecule has 1 saturated heterocycles. The molecule has 1 aliphatic heterocycles. The van der Waals surface area contributed by atoms with Crippen LogP contribution in [0.25, 0.3) is 0 Å². The van der Waals surface area contributed by atoms with Crippen molar-refractivity contribution in [3.8, 4) is 0 Å². The third-order valence-corrected chi connectivity index (χ3v) is 4.45. The lowest BCUT2D eigenvalue weighted by atomic mass is 9.82. The molecule has 0 aliphatic carbocycles. The van der Waals surface area contributed by atoms with Gasteiger partial charge < -0.3 is 10.2 Å². The first-order chi connectivity index (χ1) is 7.57. The third kappa shape index (κ3) is 4.64. The number of nitrogens with zero attached hydrogens (tertiary/aromatic N) is 1. The number of hydrogen-bond acceptors (Lipinski definition) is 3. The first-order valence-corrected chi connectivity index (χ1v) is 7.87. The zero-order chi connectivity index (χ0) is 12.0. The standard InChI is InChI=1S/C13H28N2S/c1-12(6-9-16-4)15(3)11-13(2)7-5-8-14-10-13/h12,14H,5-11H2,1-4H3. The van der Waals surface area contributed by atoms with Gasteiger partial charge in [-0.15, -0.1) is 0 Å². The summed E-state index contributed by atoms with van der Waals surface area (Å²) in [5.74, 6) is 1.28. The van der Waals surface area contributed by atoms with E-state index >= 15 is 0 Å². The monoisotopic (exact) mass is 244 g/mol. The molecule has 96 valence electrons. The van der Waals surface area contributed by atoms with E-state index in [2.05, 4.69) is 37.4 Å². The number of hydrogen-bond donors (Lipinski definition) is 1. The van der Waals surface area contributed by atoms with Gasteiger partial charge in [0.25, 0.3) is 0 Å². The molecule has 0 saturated carbocycles. The Bertz CT molecular complexity index is 190. The van der Waals surface area contributed by atoms with Crippen molar-refractivity contribution in [3.63, 3.8) is 0 Å². The van der Waals surface area contributed by atoms with Crippen LogP contribution in [0.3, 0.4) is 0 Å². The van der Waals surface area contributed by atoms with Crippen molar-refractivity contribution in [1.29, 1.82) is 0 Å². The van der Waals surface area contributed by atoms with Crippen LogP contribution >= 0.6 is 11.8 Å². The maximum atomic E-state index is 3.53. The second-order valence-electron chi connectivity index (χ2n) is 5.64. The van der Waals surface area contributed by atoms with Crippen molar-refractivity contribution in [2.45, 2.75) is 39.2 Å². The third-order valence-electron chi connectivity index (χ3n) is 3.81. The van der Waals surface area contributed by atoms with Crippen LogP contribution < -0.4 is 5.32 Å². The Morgan fingerprint density at radius 2 is 2.25 bits per heavy atom. The molecular formula is C13H28N2S. The summed E-state index contributed by atoms with van der Waals surface area (Å²) in [5, 5.41) is 3.53. The highest BCUT2D eigenvalue weighted by Crippen LogP contribution is 2.27. The Morgan fingerprint density at radius 1 is 1.50 bits per heavy atom. The first kappa shape index (κ1) is 14.3. The van der Waals surface area contributed by atoms with Crippen molar-refractivity contribution in [1.82, 2.24) is 10.2 Å². The maximum Gasteiger partial charge on any atom is 0.00719 e. The summed E-state index contributed by atoms with van der Waals surface area (Å²) >= 11 is 1.95. The molecule has 1 N–H and O–H groups in total. The van der Waals surface area contributed by atoms with Gasteiger partial charge in [-0.25, -0.2) is 0 Å². The van der Waals surface area contributed by atoms with Crippen LogP contribution in [0.1, 0.15) is 33.1 Å². The highest BCUT2D eigenvalue weighted by atomic mass is 32.2. The van der Waals surface area contributed by atoms with Gasteiger partial charge in [-0.2, -0.15) is 11.8 Å². The molecule has 2 nitrogen and oxygen atoms in total. The smallest absolute Gasteiger partial charge is 0.00719 e. The average molecular weight is 244 g/mol. The molecule has 0 aromatic rings. The van der Waals surface area contributed by atoms with Crippen LogP contribution in [0.4, 0.5) is 0 Å². The van der Waals surface area contributed by atoms with Gasteiger partial charge in [-0.3, -0.25) is 0 Å². The van der Waals surface area contributed by atoms with Crippen LogP contribution in [0.15, 0.2) is 0 Å². The lowest BCUT2D eigenvalue weighted by Gasteiger charge is -2.39. The fraction of sp³-hybridized carbons (Fsp3) is 1.00. The average Bonchev–Trinajstić information content (AvgIpc) is 2.26. The second-order valence-corrected chi connectivity index (χ2v) is 6.62. The molecule has 0 bridgehead atoms. The Labute approximate surface area is 106 Å². The van der Waals surface area contributed by atoms with Gasteiger partial charge >= 0.3 is 0 Å². The molecule has 1 heterocycles. The Kier molecular flexibility index (Phi) is 6.16. The SMILES string of the molecule is CSCCC(C)N(C)CC1(C)CCCNC1. The Hall–Kier alpha value is 0.270. The van der Waals surface area contributed by atoms with E-state index in [9.17, 15) is 0 Å². The highest BCUT2D eigenvalue weighted by molar-refractivity contribution is 7.98. The van der Waals surface area contributed by atoms with Crippen LogP contribution in [-0.4, -0.2) is 49.6 Å². The molecule has 2 atom stereocenters. The molecule has 3 heteroatoms. The number of piperidine rings is 1. The first-order valence-electron chi connectivity index (χ1n) is 6.47. The molecule has 1 fully saturated rings. The lowest BCUT2D eigenvalue weighted by Crippen LogP contribution is -2.46. The minimum atomic E-state index is 0.487. The molecule has 1 aliphatic rings. The van der Waals surface area contributed by atoms with E-state index in [1.807, 2.05) is 11.8 Å². The van der Waals surface area contributed by atoms with E-state index in [1.54, 1.807) is 0 Å². The minimum Gasteiger partial charge on any atom is -0.316 e. The number of thioether (sulfide) groups is 1. The van der Waals surface area contributed by atoms with E-state index in [4.69, 9.17) is 0 Å². The molecule has 0 aromatic carbocycles. The Morgan fingerprint density at radius 3 is 2.81 bits per heavy atom.